The lowest BCUT2D eigenvalue weighted by molar-refractivity contribution is 0.303. The third-order valence-electron chi connectivity index (χ3n) is 3.44. The van der Waals surface area contributed by atoms with E-state index in [1.165, 1.54) is 0 Å². The van der Waals surface area contributed by atoms with Crippen LogP contribution in [0.5, 0.6) is 0 Å². The van der Waals surface area contributed by atoms with Gasteiger partial charge in [-0.1, -0.05) is 13.8 Å². The van der Waals surface area contributed by atoms with Crippen LogP contribution in [0.25, 0.3) is 0 Å². The first-order valence-electron chi connectivity index (χ1n) is 5.89. The summed E-state index contributed by atoms with van der Waals surface area (Å²) in [5, 5.41) is 2.90. The van der Waals surface area contributed by atoms with Crippen molar-refractivity contribution in [1.29, 1.82) is 0 Å². The molecular weight excluding hydrogens is 259 g/mol. The Kier molecular flexibility index (Phi) is 3.80. The second kappa shape index (κ2) is 5.03. The fourth-order valence-corrected chi connectivity index (χ4v) is 3.63. The van der Waals surface area contributed by atoms with Gasteiger partial charge in [-0.2, -0.15) is 11.8 Å². The zero-order valence-electron chi connectivity index (χ0n) is 10.4. The summed E-state index contributed by atoms with van der Waals surface area (Å²) < 4.78 is 40.0. The molecule has 18 heavy (non-hydrogen) atoms. The summed E-state index contributed by atoms with van der Waals surface area (Å²) in [6, 6.07) is 1.38. The average molecular weight is 275 g/mol. The molecule has 0 radical (unpaired) electrons. The second-order valence-electron chi connectivity index (χ2n) is 5.25. The molecule has 0 aliphatic carbocycles. The molecule has 1 fully saturated rings. The fraction of sp³-hybridized carbons (Fsp3) is 0.538. The van der Waals surface area contributed by atoms with E-state index < -0.39 is 17.5 Å². The lowest BCUT2D eigenvalue weighted by Gasteiger charge is -2.39. The minimum absolute atomic E-state index is 0.0225. The Morgan fingerprint density at radius 3 is 2.39 bits per heavy atom. The van der Waals surface area contributed by atoms with Crippen LogP contribution < -0.4 is 5.32 Å². The Balaban J connectivity index is 2.23. The number of rotatable bonds is 2. The number of anilines is 1. The first kappa shape index (κ1) is 13.6. The van der Waals surface area contributed by atoms with Gasteiger partial charge in [0.2, 0.25) is 0 Å². The van der Waals surface area contributed by atoms with Crippen molar-refractivity contribution in [2.45, 2.75) is 26.3 Å². The Morgan fingerprint density at radius 1 is 1.22 bits per heavy atom. The number of hydrogen-bond donors (Lipinski definition) is 1. The first-order valence-corrected chi connectivity index (χ1v) is 7.04. The summed E-state index contributed by atoms with van der Waals surface area (Å²) in [4.78, 5) is 0. The average Bonchev–Trinajstić information content (AvgIpc) is 2.24. The van der Waals surface area contributed by atoms with Crippen molar-refractivity contribution in [3.63, 3.8) is 0 Å². The molecular formula is C13H16F3NS. The molecule has 0 amide bonds. The van der Waals surface area contributed by atoms with Gasteiger partial charge in [0.1, 0.15) is 11.5 Å². The van der Waals surface area contributed by atoms with Gasteiger partial charge >= 0.3 is 0 Å². The molecule has 1 N–H and O–H groups in total. The first-order chi connectivity index (χ1) is 8.40. The largest absolute Gasteiger partial charge is 0.376 e. The Hall–Kier alpha value is -0.840. The van der Waals surface area contributed by atoms with Crippen molar-refractivity contribution in [2.75, 3.05) is 16.8 Å². The van der Waals surface area contributed by atoms with E-state index in [4.69, 9.17) is 0 Å². The molecule has 1 atom stereocenters. The summed E-state index contributed by atoms with van der Waals surface area (Å²) in [5.74, 6) is -0.798. The highest BCUT2D eigenvalue weighted by atomic mass is 32.2. The van der Waals surface area contributed by atoms with Crippen molar-refractivity contribution >= 4 is 17.4 Å². The molecule has 1 aromatic carbocycles. The maximum Gasteiger partial charge on any atom is 0.152 e. The number of nitrogens with one attached hydrogen (secondary N) is 1. The molecule has 1 aliphatic rings. The predicted octanol–water partition coefficient (Wildman–Crippen LogP) is 4.05. The van der Waals surface area contributed by atoms with Gasteiger partial charge in [0.15, 0.2) is 11.6 Å². The molecule has 100 valence electrons. The van der Waals surface area contributed by atoms with Crippen LogP contribution in [-0.4, -0.2) is 17.5 Å². The number of halogens is 3. The van der Waals surface area contributed by atoms with Crippen LogP contribution in [0.15, 0.2) is 12.1 Å². The molecule has 5 heteroatoms. The zero-order chi connectivity index (χ0) is 13.3. The molecule has 1 saturated heterocycles. The van der Waals surface area contributed by atoms with Gasteiger partial charge in [-0.15, -0.1) is 0 Å². The molecule has 2 rings (SSSR count). The predicted molar refractivity (Wildman–Crippen MR) is 69.4 cm³/mol. The molecule has 1 unspecified atom stereocenters. The van der Waals surface area contributed by atoms with Gasteiger partial charge in [0.05, 0.1) is 0 Å². The summed E-state index contributed by atoms with van der Waals surface area (Å²) >= 11 is 1.76. The van der Waals surface area contributed by atoms with E-state index in [2.05, 4.69) is 19.2 Å². The van der Waals surface area contributed by atoms with Crippen LogP contribution in [0.2, 0.25) is 0 Å². The highest BCUT2D eigenvalue weighted by Crippen LogP contribution is 2.36. The summed E-state index contributed by atoms with van der Waals surface area (Å²) in [5.41, 5.74) is -0.254. The topological polar surface area (TPSA) is 12.0 Å². The molecule has 1 heterocycles. The highest BCUT2D eigenvalue weighted by Gasteiger charge is 2.33. The normalized spacial score (nSPS) is 22.8. The third-order valence-corrected chi connectivity index (χ3v) is 4.51. The van der Waals surface area contributed by atoms with Gasteiger partial charge in [0, 0.05) is 23.9 Å². The molecule has 0 bridgehead atoms. The molecule has 1 nitrogen and oxygen atoms in total. The maximum absolute atomic E-state index is 13.6. The molecule has 1 aromatic rings. The van der Waals surface area contributed by atoms with Gasteiger partial charge < -0.3 is 5.32 Å². The lowest BCUT2D eigenvalue weighted by atomic mass is 9.82. The van der Waals surface area contributed by atoms with Crippen LogP contribution in [-0.2, 0) is 0 Å². The third kappa shape index (κ3) is 2.76. The standard InChI is InChI=1S/C13H16F3NS/c1-13(2)3-4-18-7-11(13)17-12-9(15)5-8(14)6-10(12)16/h5-6,11,17H,3-4,7H2,1-2H3. The van der Waals surface area contributed by atoms with E-state index in [1.807, 2.05) is 0 Å². The van der Waals surface area contributed by atoms with Gasteiger partial charge in [-0.3, -0.25) is 0 Å². The number of benzene rings is 1. The maximum atomic E-state index is 13.6. The Morgan fingerprint density at radius 2 is 1.83 bits per heavy atom. The summed E-state index contributed by atoms with van der Waals surface area (Å²) in [7, 11) is 0. The van der Waals surface area contributed by atoms with E-state index in [9.17, 15) is 13.2 Å². The Labute approximate surface area is 109 Å². The second-order valence-corrected chi connectivity index (χ2v) is 6.40. The van der Waals surface area contributed by atoms with Crippen molar-refractivity contribution in [3.8, 4) is 0 Å². The summed E-state index contributed by atoms with van der Waals surface area (Å²) in [6.07, 6.45) is 0.986. The molecule has 1 aliphatic heterocycles. The number of thioether (sulfide) groups is 1. The van der Waals surface area contributed by atoms with Crippen LogP contribution in [0.1, 0.15) is 20.3 Å². The van der Waals surface area contributed by atoms with Crippen molar-refractivity contribution in [1.82, 2.24) is 0 Å². The van der Waals surface area contributed by atoms with E-state index >= 15 is 0 Å². The van der Waals surface area contributed by atoms with Crippen LogP contribution in [0, 0.1) is 22.9 Å². The van der Waals surface area contributed by atoms with E-state index in [1.54, 1.807) is 11.8 Å². The van der Waals surface area contributed by atoms with Crippen molar-refractivity contribution < 1.29 is 13.2 Å². The van der Waals surface area contributed by atoms with Gasteiger partial charge in [-0.05, 0) is 17.6 Å². The van der Waals surface area contributed by atoms with Gasteiger partial charge in [-0.25, -0.2) is 13.2 Å². The van der Waals surface area contributed by atoms with Crippen LogP contribution in [0.4, 0.5) is 18.9 Å². The molecule has 0 spiro atoms. The fourth-order valence-electron chi connectivity index (χ4n) is 2.03. The van der Waals surface area contributed by atoms with E-state index in [0.29, 0.717) is 12.1 Å². The smallest absolute Gasteiger partial charge is 0.152 e. The van der Waals surface area contributed by atoms with Crippen molar-refractivity contribution in [3.05, 3.63) is 29.6 Å². The minimum atomic E-state index is -0.896. The SMILES string of the molecule is CC1(C)CCSCC1Nc1c(F)cc(F)cc1F. The van der Waals surface area contributed by atoms with E-state index in [-0.39, 0.29) is 17.1 Å². The van der Waals surface area contributed by atoms with Crippen molar-refractivity contribution in [2.24, 2.45) is 5.41 Å². The summed E-state index contributed by atoms with van der Waals surface area (Å²) in [6.45, 7) is 4.15. The quantitative estimate of drug-likeness (QED) is 0.874. The zero-order valence-corrected chi connectivity index (χ0v) is 11.2. The minimum Gasteiger partial charge on any atom is -0.376 e. The molecule has 0 saturated carbocycles. The molecule has 0 aromatic heterocycles. The van der Waals surface area contributed by atoms with E-state index in [0.717, 1.165) is 17.9 Å². The van der Waals surface area contributed by atoms with Gasteiger partial charge in [0.25, 0.3) is 0 Å². The Bertz CT molecular complexity index is 425. The monoisotopic (exact) mass is 275 g/mol. The lowest BCUT2D eigenvalue weighted by Crippen LogP contribution is -2.42. The van der Waals surface area contributed by atoms with Crippen LogP contribution >= 0.6 is 11.8 Å². The number of hydrogen-bond acceptors (Lipinski definition) is 2. The highest BCUT2D eigenvalue weighted by molar-refractivity contribution is 7.99. The van der Waals surface area contributed by atoms with Crippen LogP contribution in [0.3, 0.4) is 0 Å².